The fraction of sp³-hybridized carbons (Fsp3) is 0.455. The molecule has 1 aliphatic rings. The van der Waals surface area contributed by atoms with Gasteiger partial charge >= 0.3 is 0 Å². The predicted octanol–water partition coefficient (Wildman–Crippen LogP) is 3.69. The van der Waals surface area contributed by atoms with Crippen molar-refractivity contribution in [3.8, 4) is 11.5 Å². The Hall–Kier alpha value is -2.20. The van der Waals surface area contributed by atoms with Crippen LogP contribution in [0.5, 0.6) is 11.5 Å². The van der Waals surface area contributed by atoms with E-state index in [9.17, 15) is 0 Å². The number of hydrogen-bond acceptors (Lipinski definition) is 4. The number of benzene rings is 2. The van der Waals surface area contributed by atoms with Crippen molar-refractivity contribution < 1.29 is 9.47 Å². The molecule has 0 unspecified atom stereocenters. The van der Waals surface area contributed by atoms with Crippen LogP contribution in [0.4, 0.5) is 5.69 Å². The number of ether oxygens (including phenoxy) is 2. The second-order valence-electron chi connectivity index (χ2n) is 7.06. The maximum atomic E-state index is 5.41. The minimum absolute atomic E-state index is 0.790. The van der Waals surface area contributed by atoms with Crippen LogP contribution in [0, 0.1) is 13.8 Å². The van der Waals surface area contributed by atoms with E-state index in [0.29, 0.717) is 0 Å². The van der Waals surface area contributed by atoms with E-state index < -0.39 is 0 Å². The average Bonchev–Trinajstić information content (AvgIpc) is 2.66. The Bertz CT molecular complexity index is 737. The molecule has 140 valence electrons. The first kappa shape index (κ1) is 18.6. The third kappa shape index (κ3) is 4.31. The van der Waals surface area contributed by atoms with Crippen LogP contribution in [0.15, 0.2) is 36.4 Å². The summed E-state index contributed by atoms with van der Waals surface area (Å²) in [6.07, 6.45) is 1.03. The first-order valence-corrected chi connectivity index (χ1v) is 9.36. The Kier molecular flexibility index (Phi) is 6.04. The molecule has 2 aromatic rings. The summed E-state index contributed by atoms with van der Waals surface area (Å²) >= 11 is 0. The van der Waals surface area contributed by atoms with Crippen LogP contribution in [-0.4, -0.2) is 51.8 Å². The molecule has 0 N–H and O–H groups in total. The van der Waals surface area contributed by atoms with E-state index in [-0.39, 0.29) is 0 Å². The molecule has 0 spiro atoms. The number of nitrogens with zero attached hydrogens (tertiary/aromatic N) is 2. The molecular weight excluding hydrogens is 324 g/mol. The highest BCUT2D eigenvalue weighted by Gasteiger charge is 2.18. The van der Waals surface area contributed by atoms with Gasteiger partial charge in [-0.15, -0.1) is 0 Å². The molecule has 0 atom stereocenters. The second kappa shape index (κ2) is 8.45. The lowest BCUT2D eigenvalue weighted by Gasteiger charge is -2.37. The lowest BCUT2D eigenvalue weighted by atomic mass is 10.1. The van der Waals surface area contributed by atoms with Crippen molar-refractivity contribution in [1.29, 1.82) is 0 Å². The lowest BCUT2D eigenvalue weighted by Crippen LogP contribution is -2.47. The van der Waals surface area contributed by atoms with Crippen LogP contribution >= 0.6 is 0 Å². The monoisotopic (exact) mass is 354 g/mol. The van der Waals surface area contributed by atoms with Crippen molar-refractivity contribution in [3.05, 3.63) is 53.1 Å². The first-order chi connectivity index (χ1) is 12.6. The fourth-order valence-corrected chi connectivity index (χ4v) is 3.70. The standard InChI is InChI=1S/C22H30N2O2/c1-17-5-7-20(18(2)15-17)24-13-11-23(12-14-24)10-9-19-6-8-21(25-3)22(16-19)26-4/h5-8,15-16H,9-14H2,1-4H3. The summed E-state index contributed by atoms with van der Waals surface area (Å²) in [4.78, 5) is 5.07. The van der Waals surface area contributed by atoms with E-state index in [1.807, 2.05) is 6.07 Å². The van der Waals surface area contributed by atoms with E-state index in [2.05, 4.69) is 54.0 Å². The van der Waals surface area contributed by atoms with E-state index in [1.54, 1.807) is 14.2 Å². The second-order valence-corrected chi connectivity index (χ2v) is 7.06. The van der Waals surface area contributed by atoms with Crippen LogP contribution in [0.2, 0.25) is 0 Å². The largest absolute Gasteiger partial charge is 0.493 e. The van der Waals surface area contributed by atoms with Crippen molar-refractivity contribution in [2.45, 2.75) is 20.3 Å². The topological polar surface area (TPSA) is 24.9 Å². The molecule has 2 aromatic carbocycles. The average molecular weight is 354 g/mol. The van der Waals surface area contributed by atoms with Crippen molar-refractivity contribution in [1.82, 2.24) is 4.90 Å². The molecule has 0 bridgehead atoms. The van der Waals surface area contributed by atoms with Gasteiger partial charge < -0.3 is 14.4 Å². The number of aryl methyl sites for hydroxylation is 2. The third-order valence-electron chi connectivity index (χ3n) is 5.23. The summed E-state index contributed by atoms with van der Waals surface area (Å²) in [5.74, 6) is 1.60. The van der Waals surface area contributed by atoms with Gasteiger partial charge in [-0.1, -0.05) is 23.8 Å². The van der Waals surface area contributed by atoms with Crippen LogP contribution in [0.1, 0.15) is 16.7 Å². The number of rotatable bonds is 6. The number of anilines is 1. The van der Waals surface area contributed by atoms with Crippen molar-refractivity contribution in [2.75, 3.05) is 51.8 Å². The molecular formula is C22H30N2O2. The molecule has 0 aliphatic carbocycles. The summed E-state index contributed by atoms with van der Waals surface area (Å²) in [6, 6.07) is 13.0. The molecule has 1 saturated heterocycles. The highest BCUT2D eigenvalue weighted by molar-refractivity contribution is 5.54. The Morgan fingerprint density at radius 1 is 0.846 bits per heavy atom. The predicted molar refractivity (Wildman–Crippen MR) is 108 cm³/mol. The van der Waals surface area contributed by atoms with Gasteiger partial charge in [0.2, 0.25) is 0 Å². The Morgan fingerprint density at radius 3 is 2.23 bits per heavy atom. The van der Waals surface area contributed by atoms with Crippen molar-refractivity contribution in [2.24, 2.45) is 0 Å². The van der Waals surface area contributed by atoms with Gasteiger partial charge in [0.15, 0.2) is 11.5 Å². The summed E-state index contributed by atoms with van der Waals surface area (Å²) in [5.41, 5.74) is 5.39. The molecule has 1 heterocycles. The Labute approximate surface area is 157 Å². The molecule has 1 aliphatic heterocycles. The molecule has 0 aromatic heterocycles. The van der Waals surface area contributed by atoms with Gasteiger partial charge in [-0.3, -0.25) is 4.90 Å². The van der Waals surface area contributed by atoms with E-state index >= 15 is 0 Å². The van der Waals surface area contributed by atoms with Crippen LogP contribution in [-0.2, 0) is 6.42 Å². The molecule has 3 rings (SSSR count). The lowest BCUT2D eigenvalue weighted by molar-refractivity contribution is 0.260. The molecule has 0 radical (unpaired) electrons. The molecule has 1 fully saturated rings. The fourth-order valence-electron chi connectivity index (χ4n) is 3.70. The maximum Gasteiger partial charge on any atom is 0.160 e. The van der Waals surface area contributed by atoms with Gasteiger partial charge in [0.25, 0.3) is 0 Å². The smallest absolute Gasteiger partial charge is 0.160 e. The van der Waals surface area contributed by atoms with Crippen molar-refractivity contribution in [3.63, 3.8) is 0 Å². The normalized spacial score (nSPS) is 15.2. The van der Waals surface area contributed by atoms with Crippen LogP contribution in [0.3, 0.4) is 0 Å². The highest BCUT2D eigenvalue weighted by atomic mass is 16.5. The summed E-state index contributed by atoms with van der Waals surface area (Å²) in [7, 11) is 3.36. The zero-order valence-corrected chi connectivity index (χ0v) is 16.4. The van der Waals surface area contributed by atoms with Crippen LogP contribution < -0.4 is 14.4 Å². The van der Waals surface area contributed by atoms with Gasteiger partial charge in [-0.25, -0.2) is 0 Å². The summed E-state index contributed by atoms with van der Waals surface area (Å²) in [5, 5.41) is 0. The summed E-state index contributed by atoms with van der Waals surface area (Å²) < 4.78 is 10.7. The van der Waals surface area contributed by atoms with E-state index in [0.717, 1.165) is 50.6 Å². The molecule has 0 amide bonds. The number of piperazine rings is 1. The van der Waals surface area contributed by atoms with Gasteiger partial charge in [0, 0.05) is 38.4 Å². The minimum atomic E-state index is 0.790. The minimum Gasteiger partial charge on any atom is -0.493 e. The van der Waals surface area contributed by atoms with E-state index in [1.165, 1.54) is 22.4 Å². The molecule has 4 nitrogen and oxygen atoms in total. The van der Waals surface area contributed by atoms with Crippen LogP contribution in [0.25, 0.3) is 0 Å². The quantitative estimate of drug-likeness (QED) is 0.790. The third-order valence-corrected chi connectivity index (χ3v) is 5.23. The molecule has 0 saturated carbocycles. The SMILES string of the molecule is COc1ccc(CCN2CCN(c3ccc(C)cc3C)CC2)cc1OC. The van der Waals surface area contributed by atoms with Gasteiger partial charge in [-0.2, -0.15) is 0 Å². The van der Waals surface area contributed by atoms with Crippen molar-refractivity contribution >= 4 is 5.69 Å². The highest BCUT2D eigenvalue weighted by Crippen LogP contribution is 2.28. The molecule has 26 heavy (non-hydrogen) atoms. The van der Waals surface area contributed by atoms with Gasteiger partial charge in [-0.05, 0) is 49.6 Å². The summed E-state index contributed by atoms with van der Waals surface area (Å²) in [6.45, 7) is 9.86. The van der Waals surface area contributed by atoms with E-state index in [4.69, 9.17) is 9.47 Å². The maximum absolute atomic E-state index is 5.41. The molecule has 4 heteroatoms. The number of methoxy groups -OCH3 is 2. The zero-order chi connectivity index (χ0) is 18.5. The Balaban J connectivity index is 1.53. The van der Waals surface area contributed by atoms with Gasteiger partial charge in [0.05, 0.1) is 14.2 Å². The zero-order valence-electron chi connectivity index (χ0n) is 16.4. The number of hydrogen-bond donors (Lipinski definition) is 0. The van der Waals surface area contributed by atoms with Gasteiger partial charge in [0.1, 0.15) is 0 Å². The first-order valence-electron chi connectivity index (χ1n) is 9.36. The Morgan fingerprint density at radius 2 is 1.58 bits per heavy atom.